The molecule has 10 nitrogen and oxygen atoms in total. The average molecular weight is 498 g/mol. The van der Waals surface area contributed by atoms with Crippen molar-refractivity contribution in [2.24, 2.45) is 0 Å². The number of carbonyl (C=O) groups excluding carboxylic acids is 2. The topological polar surface area (TPSA) is 124 Å². The first-order valence-corrected chi connectivity index (χ1v) is 12.0. The summed E-state index contributed by atoms with van der Waals surface area (Å²) in [6, 6.07) is 8.61. The molecule has 2 aromatic rings. The van der Waals surface area contributed by atoms with Gasteiger partial charge in [0.05, 0.1) is 23.5 Å². The summed E-state index contributed by atoms with van der Waals surface area (Å²) in [5.41, 5.74) is 1.20. The van der Waals surface area contributed by atoms with Crippen LogP contribution in [0.3, 0.4) is 0 Å². The van der Waals surface area contributed by atoms with E-state index in [1.54, 1.807) is 32.9 Å². The lowest BCUT2D eigenvalue weighted by Gasteiger charge is -2.23. The highest BCUT2D eigenvalue weighted by atomic mass is 16.6. The summed E-state index contributed by atoms with van der Waals surface area (Å²) >= 11 is 0. The largest absolute Gasteiger partial charge is 0.488 e. The Morgan fingerprint density at radius 3 is 2.44 bits per heavy atom. The number of nitrogens with one attached hydrogen (secondary N) is 1. The highest BCUT2D eigenvalue weighted by Crippen LogP contribution is 2.31. The maximum Gasteiger partial charge on any atom is 0.488 e. The number of ether oxygens (including phenoxy) is 2. The van der Waals surface area contributed by atoms with Crippen LogP contribution in [-0.2, 0) is 22.6 Å². The summed E-state index contributed by atoms with van der Waals surface area (Å²) in [7, 11) is 2.10. The number of rotatable bonds is 5. The summed E-state index contributed by atoms with van der Waals surface area (Å²) in [5, 5.41) is 22.6. The van der Waals surface area contributed by atoms with Gasteiger partial charge >= 0.3 is 13.2 Å². The molecule has 1 aromatic carbocycles. The molecule has 0 unspecified atom stereocenters. The molecule has 3 heterocycles. The lowest BCUT2D eigenvalue weighted by Crippen LogP contribution is -2.37. The van der Waals surface area contributed by atoms with Crippen molar-refractivity contribution >= 4 is 36.1 Å². The number of nitrogens with zero attached hydrogens (tertiary/aromatic N) is 3. The van der Waals surface area contributed by atoms with Crippen LogP contribution in [0, 0.1) is 0 Å². The van der Waals surface area contributed by atoms with E-state index in [2.05, 4.69) is 10.3 Å². The van der Waals surface area contributed by atoms with Gasteiger partial charge in [-0.05, 0) is 76.9 Å². The van der Waals surface area contributed by atoms with Gasteiger partial charge in [0, 0.05) is 19.8 Å². The molecule has 1 saturated heterocycles. The summed E-state index contributed by atoms with van der Waals surface area (Å²) in [6.45, 7) is 7.66. The van der Waals surface area contributed by atoms with Crippen LogP contribution in [0.25, 0.3) is 0 Å². The monoisotopic (exact) mass is 498 g/mol. The van der Waals surface area contributed by atoms with Crippen LogP contribution in [0.5, 0.6) is 0 Å². The molecule has 2 amide bonds. The third kappa shape index (κ3) is 7.27. The van der Waals surface area contributed by atoms with Gasteiger partial charge < -0.3 is 29.7 Å². The zero-order chi connectivity index (χ0) is 26.5. The lowest BCUT2D eigenvalue weighted by molar-refractivity contribution is 0.0248. The summed E-state index contributed by atoms with van der Waals surface area (Å²) in [6.07, 6.45) is 1.77. The van der Waals surface area contributed by atoms with E-state index in [1.807, 2.05) is 31.1 Å². The van der Waals surface area contributed by atoms with Crippen LogP contribution >= 0.6 is 0 Å². The van der Waals surface area contributed by atoms with Crippen molar-refractivity contribution in [3.8, 4) is 0 Å². The van der Waals surface area contributed by atoms with E-state index in [0.29, 0.717) is 23.6 Å². The molecule has 0 radical (unpaired) electrons. The van der Waals surface area contributed by atoms with E-state index in [4.69, 9.17) is 9.47 Å². The number of hydrogen-bond acceptors (Lipinski definition) is 9. The molecule has 2 aliphatic rings. The van der Waals surface area contributed by atoms with E-state index in [-0.39, 0.29) is 17.6 Å². The minimum Gasteiger partial charge on any atom is -0.443 e. The molecule has 2 aliphatic heterocycles. The molecule has 0 spiro atoms. The van der Waals surface area contributed by atoms with E-state index in [0.717, 1.165) is 23.8 Å². The van der Waals surface area contributed by atoms with E-state index in [1.165, 1.54) is 18.9 Å². The number of aromatic nitrogens is 1. The first-order chi connectivity index (χ1) is 17.0. The van der Waals surface area contributed by atoms with Gasteiger partial charge in [0.25, 0.3) is 5.91 Å². The minimum atomic E-state index is -1.78. The van der Waals surface area contributed by atoms with Gasteiger partial charge in [0.1, 0.15) is 11.4 Å². The quantitative estimate of drug-likeness (QED) is 0.533. The predicted molar refractivity (Wildman–Crippen MR) is 137 cm³/mol. The lowest BCUT2D eigenvalue weighted by atomic mass is 9.76. The molecule has 0 atom stereocenters. The molecule has 4 rings (SSSR count). The fourth-order valence-corrected chi connectivity index (χ4v) is 3.86. The van der Waals surface area contributed by atoms with Crippen LogP contribution < -0.4 is 10.8 Å². The Kier molecular flexibility index (Phi) is 9.07. The highest BCUT2D eigenvalue weighted by Gasteiger charge is 2.39. The molecule has 1 aromatic heterocycles. The summed E-state index contributed by atoms with van der Waals surface area (Å²) in [5.74, 6) is -0.0407. The fourth-order valence-electron chi connectivity index (χ4n) is 3.86. The van der Waals surface area contributed by atoms with Crippen molar-refractivity contribution in [1.29, 1.82) is 0 Å². The van der Waals surface area contributed by atoms with Crippen LogP contribution in [-0.4, -0.2) is 76.9 Å². The number of amides is 2. The van der Waals surface area contributed by atoms with Crippen molar-refractivity contribution in [1.82, 2.24) is 14.8 Å². The first-order valence-electron chi connectivity index (χ1n) is 12.0. The molecule has 11 heteroatoms. The standard InChI is InChI=1S/C21H27BN4O5.C4H8O/c1-21(2,3)31-20(28)26-12-14-15(22(29)30)9-10-16(18(14)19(26)27)24-17-8-6-7-13(23-17)11-25(4)5;1-2-4-5-3-1/h6-10,29-30H,11-12H2,1-5H3,(H,23,24);1-4H2. The molecule has 0 bridgehead atoms. The number of carbonyl (C=O) groups is 2. The van der Waals surface area contributed by atoms with Crippen molar-refractivity contribution < 1.29 is 29.1 Å². The maximum atomic E-state index is 13.1. The number of imide groups is 1. The second-order valence-corrected chi connectivity index (χ2v) is 10.00. The normalized spacial score (nSPS) is 14.9. The van der Waals surface area contributed by atoms with Crippen LogP contribution in [0.4, 0.5) is 16.3 Å². The molecule has 1 fully saturated rings. The maximum absolute atomic E-state index is 13.1. The third-order valence-corrected chi connectivity index (χ3v) is 5.39. The first kappa shape index (κ1) is 27.6. The number of pyridine rings is 1. The SMILES string of the molecule is C1CCOC1.CN(C)Cc1cccc(Nc2ccc(B(O)O)c3c2C(=O)N(C(=O)OC(C)(C)C)C3)n1. The molecule has 0 aliphatic carbocycles. The molecule has 3 N–H and O–H groups in total. The summed E-state index contributed by atoms with van der Waals surface area (Å²) < 4.78 is 10.3. The van der Waals surface area contributed by atoms with Crippen molar-refractivity contribution in [3.05, 3.63) is 47.2 Å². The zero-order valence-electron chi connectivity index (χ0n) is 21.6. The Bertz CT molecular complexity index is 1080. The Morgan fingerprint density at radius 1 is 1.19 bits per heavy atom. The minimum absolute atomic E-state index is 0.111. The third-order valence-electron chi connectivity index (χ3n) is 5.39. The van der Waals surface area contributed by atoms with Gasteiger partial charge in [-0.1, -0.05) is 12.1 Å². The van der Waals surface area contributed by atoms with Crippen molar-refractivity contribution in [3.63, 3.8) is 0 Å². The number of anilines is 2. The molecular formula is C25H35BN4O6. The van der Waals surface area contributed by atoms with Crippen molar-refractivity contribution in [2.45, 2.75) is 52.3 Å². The van der Waals surface area contributed by atoms with E-state index < -0.39 is 24.7 Å². The fraction of sp³-hybridized carbons (Fsp3) is 0.480. The number of benzene rings is 1. The molecular weight excluding hydrogens is 463 g/mol. The Balaban J connectivity index is 0.000000642. The zero-order valence-corrected chi connectivity index (χ0v) is 21.6. The Morgan fingerprint density at radius 2 is 1.89 bits per heavy atom. The average Bonchev–Trinajstić information content (AvgIpc) is 3.45. The molecule has 36 heavy (non-hydrogen) atoms. The van der Waals surface area contributed by atoms with Gasteiger partial charge in [-0.3, -0.25) is 4.79 Å². The van der Waals surface area contributed by atoms with Gasteiger partial charge in [-0.15, -0.1) is 0 Å². The molecule has 0 saturated carbocycles. The number of fused-ring (bicyclic) bond motifs is 1. The van der Waals surface area contributed by atoms with Crippen LogP contribution in [0.15, 0.2) is 30.3 Å². The van der Waals surface area contributed by atoms with E-state index in [9.17, 15) is 19.6 Å². The Labute approximate surface area is 212 Å². The summed E-state index contributed by atoms with van der Waals surface area (Å²) in [4.78, 5) is 33.2. The highest BCUT2D eigenvalue weighted by molar-refractivity contribution is 6.59. The van der Waals surface area contributed by atoms with Gasteiger partial charge in [0.15, 0.2) is 0 Å². The second kappa shape index (κ2) is 11.8. The van der Waals surface area contributed by atoms with Crippen molar-refractivity contribution in [2.75, 3.05) is 32.6 Å². The molecule has 194 valence electrons. The van der Waals surface area contributed by atoms with Gasteiger partial charge in [0.2, 0.25) is 0 Å². The Hall–Kier alpha value is -2.99. The number of hydrogen-bond donors (Lipinski definition) is 3. The van der Waals surface area contributed by atoms with Gasteiger partial charge in [-0.2, -0.15) is 0 Å². The predicted octanol–water partition coefficient (Wildman–Crippen LogP) is 2.25. The second-order valence-electron chi connectivity index (χ2n) is 10.00. The van der Waals surface area contributed by atoms with Crippen LogP contribution in [0.2, 0.25) is 0 Å². The smallest absolute Gasteiger partial charge is 0.443 e. The van der Waals surface area contributed by atoms with Gasteiger partial charge in [-0.25, -0.2) is 14.7 Å². The van der Waals surface area contributed by atoms with Crippen LogP contribution in [0.1, 0.15) is 55.2 Å². The van der Waals surface area contributed by atoms with E-state index >= 15 is 0 Å².